The Morgan fingerprint density at radius 1 is 1.04 bits per heavy atom. The van der Waals surface area contributed by atoms with Crippen LogP contribution in [0.25, 0.3) is 11.1 Å². The zero-order valence-electron chi connectivity index (χ0n) is 25.2. The summed E-state index contributed by atoms with van der Waals surface area (Å²) in [5.74, 6) is -0.972. The maximum Gasteiger partial charge on any atom is 0.405 e. The van der Waals surface area contributed by atoms with Crippen molar-refractivity contribution in [3.05, 3.63) is 83.1 Å². The zero-order chi connectivity index (χ0) is 33.1. The molecule has 0 saturated carbocycles. The Balaban J connectivity index is 1.64. The van der Waals surface area contributed by atoms with Crippen LogP contribution in [0, 0.1) is 11.7 Å². The Labute approximate surface area is 268 Å². The molecule has 2 unspecified atom stereocenters. The summed E-state index contributed by atoms with van der Waals surface area (Å²) in [7, 11) is -4.00. The van der Waals surface area contributed by atoms with Gasteiger partial charge in [0, 0.05) is 25.6 Å². The Morgan fingerprint density at radius 2 is 1.78 bits per heavy atom. The van der Waals surface area contributed by atoms with E-state index in [1.807, 2.05) is 13.8 Å². The van der Waals surface area contributed by atoms with Gasteiger partial charge in [-0.1, -0.05) is 68.3 Å². The van der Waals surface area contributed by atoms with Crippen molar-refractivity contribution in [3.8, 4) is 11.1 Å². The minimum atomic E-state index is -4.00. The number of anilines is 1. The first-order valence-electron chi connectivity index (χ1n) is 14.6. The molecule has 6 N–H and O–H groups in total. The SMILES string of the molecule is CC(C)CN(C(CO)CCCCNC(=O)C(Cc1ccccc1-c1cccc(F)c1)NC(=O)O)S(=O)(=O)c1ccc(N)c(Cl)c1. The fraction of sp³-hybridized carbons (Fsp3) is 0.375. The first kappa shape index (κ1) is 35.8. The van der Waals surface area contributed by atoms with E-state index in [0.717, 1.165) is 0 Å². The molecule has 0 aromatic heterocycles. The van der Waals surface area contributed by atoms with Crippen molar-refractivity contribution in [3.63, 3.8) is 0 Å². The number of nitrogens with one attached hydrogen (secondary N) is 2. The molecule has 0 aliphatic carbocycles. The number of benzene rings is 3. The second-order valence-electron chi connectivity index (χ2n) is 11.1. The van der Waals surface area contributed by atoms with E-state index in [9.17, 15) is 32.6 Å². The van der Waals surface area contributed by atoms with Crippen LogP contribution in [0.5, 0.6) is 0 Å². The van der Waals surface area contributed by atoms with Gasteiger partial charge in [-0.25, -0.2) is 17.6 Å². The predicted octanol–water partition coefficient (Wildman–Crippen LogP) is 4.90. The van der Waals surface area contributed by atoms with Crippen LogP contribution >= 0.6 is 11.6 Å². The third kappa shape index (κ3) is 10.1. The molecule has 10 nitrogen and oxygen atoms in total. The van der Waals surface area contributed by atoms with Gasteiger partial charge in [-0.3, -0.25) is 4.79 Å². The van der Waals surface area contributed by atoms with Crippen molar-refractivity contribution >= 4 is 39.3 Å². The van der Waals surface area contributed by atoms with Crippen LogP contribution in [-0.2, 0) is 21.2 Å². The molecule has 244 valence electrons. The Hall–Kier alpha value is -3.71. The molecule has 13 heteroatoms. The summed E-state index contributed by atoms with van der Waals surface area (Å²) in [6, 6.07) is 15.4. The number of sulfonamides is 1. The number of aliphatic hydroxyl groups is 1. The molecule has 0 aliphatic heterocycles. The van der Waals surface area contributed by atoms with Crippen LogP contribution in [0.15, 0.2) is 71.6 Å². The summed E-state index contributed by atoms with van der Waals surface area (Å²) in [5.41, 5.74) is 7.95. The quantitative estimate of drug-likeness (QED) is 0.108. The Bertz CT molecular complexity index is 1570. The van der Waals surface area contributed by atoms with Gasteiger partial charge in [-0.15, -0.1) is 0 Å². The van der Waals surface area contributed by atoms with Crippen molar-refractivity contribution in [1.29, 1.82) is 0 Å². The van der Waals surface area contributed by atoms with Gasteiger partial charge in [0.05, 0.1) is 22.2 Å². The highest BCUT2D eigenvalue weighted by molar-refractivity contribution is 7.89. The van der Waals surface area contributed by atoms with Crippen molar-refractivity contribution in [2.45, 2.75) is 56.5 Å². The average molecular weight is 663 g/mol. The van der Waals surface area contributed by atoms with E-state index in [2.05, 4.69) is 10.6 Å². The number of nitrogens with two attached hydrogens (primary N) is 1. The van der Waals surface area contributed by atoms with Crippen LogP contribution in [0.2, 0.25) is 5.02 Å². The lowest BCUT2D eigenvalue weighted by Crippen LogP contribution is -2.48. The molecular weight excluding hydrogens is 623 g/mol. The van der Waals surface area contributed by atoms with E-state index >= 15 is 0 Å². The molecule has 45 heavy (non-hydrogen) atoms. The number of halogens is 2. The first-order valence-corrected chi connectivity index (χ1v) is 16.4. The Morgan fingerprint density at radius 3 is 2.42 bits per heavy atom. The van der Waals surface area contributed by atoms with E-state index in [-0.39, 0.29) is 41.0 Å². The number of carboxylic acid groups (broad SMARTS) is 1. The number of unbranched alkanes of at least 4 members (excludes halogenated alkanes) is 1. The van der Waals surface area contributed by atoms with Crippen LogP contribution in [0.3, 0.4) is 0 Å². The van der Waals surface area contributed by atoms with Crippen LogP contribution < -0.4 is 16.4 Å². The van der Waals surface area contributed by atoms with Crippen LogP contribution in [0.4, 0.5) is 14.9 Å². The third-order valence-electron chi connectivity index (χ3n) is 7.20. The number of carbonyl (C=O) groups excluding carboxylic acids is 1. The second-order valence-corrected chi connectivity index (χ2v) is 13.4. The number of nitrogen functional groups attached to an aromatic ring is 1. The Kier molecular flexibility index (Phi) is 13.2. The summed E-state index contributed by atoms with van der Waals surface area (Å²) in [6.07, 6.45) is -0.0890. The minimum Gasteiger partial charge on any atom is -0.465 e. The van der Waals surface area contributed by atoms with Gasteiger partial charge in [-0.05, 0) is 65.8 Å². The predicted molar refractivity (Wildman–Crippen MR) is 173 cm³/mol. The molecule has 0 spiro atoms. The van der Waals surface area contributed by atoms with E-state index < -0.39 is 46.5 Å². The summed E-state index contributed by atoms with van der Waals surface area (Å²) in [5, 5.41) is 24.7. The number of hydrogen-bond acceptors (Lipinski definition) is 6. The van der Waals surface area contributed by atoms with Gasteiger partial charge >= 0.3 is 6.09 Å². The zero-order valence-corrected chi connectivity index (χ0v) is 26.8. The number of aliphatic hydroxyl groups excluding tert-OH is 1. The van der Waals surface area contributed by atoms with Gasteiger partial charge in [0.25, 0.3) is 0 Å². The molecule has 0 radical (unpaired) electrons. The van der Waals surface area contributed by atoms with Crippen molar-refractivity contribution < 1.29 is 32.6 Å². The van der Waals surface area contributed by atoms with Gasteiger partial charge < -0.3 is 26.6 Å². The average Bonchev–Trinajstić information content (AvgIpc) is 2.98. The first-order chi connectivity index (χ1) is 21.3. The summed E-state index contributed by atoms with van der Waals surface area (Å²) >= 11 is 6.08. The largest absolute Gasteiger partial charge is 0.465 e. The lowest BCUT2D eigenvalue weighted by molar-refractivity contribution is -0.123. The molecule has 0 heterocycles. The molecule has 3 rings (SSSR count). The molecule has 0 fully saturated rings. The molecule has 2 amide bonds. The maximum atomic E-state index is 13.9. The minimum absolute atomic E-state index is 0.0241. The lowest BCUT2D eigenvalue weighted by atomic mass is 9.94. The van der Waals surface area contributed by atoms with Gasteiger partial charge in [0.2, 0.25) is 15.9 Å². The van der Waals surface area contributed by atoms with E-state index in [1.54, 1.807) is 36.4 Å². The highest BCUT2D eigenvalue weighted by Crippen LogP contribution is 2.28. The van der Waals surface area contributed by atoms with Crippen LogP contribution in [-0.4, -0.2) is 66.7 Å². The molecule has 3 aromatic carbocycles. The molecule has 0 bridgehead atoms. The van der Waals surface area contributed by atoms with Crippen molar-refractivity contribution in [2.24, 2.45) is 5.92 Å². The number of nitrogens with zero attached hydrogens (tertiary/aromatic N) is 1. The standard InChI is InChI=1S/C32H40ClFN4O6S/c1-21(2)19-38(45(43,44)26-13-14-29(35)28(33)18-26)25(20-39)11-5-6-15-36-31(40)30(37-32(41)42)17-23-8-3-4-12-27(23)22-9-7-10-24(34)16-22/h3-4,7-10,12-14,16,18,21,25,30,37,39H,5-6,11,15,17,19-20,35H2,1-2H3,(H,36,40)(H,41,42). The summed E-state index contributed by atoms with van der Waals surface area (Å²) < 4.78 is 42.2. The van der Waals surface area contributed by atoms with E-state index in [4.69, 9.17) is 17.3 Å². The van der Waals surface area contributed by atoms with E-state index in [1.165, 1.54) is 34.6 Å². The number of amides is 2. The monoisotopic (exact) mass is 662 g/mol. The van der Waals surface area contributed by atoms with E-state index in [0.29, 0.717) is 36.0 Å². The van der Waals surface area contributed by atoms with Crippen LogP contribution in [0.1, 0.15) is 38.7 Å². The second kappa shape index (κ2) is 16.6. The van der Waals surface area contributed by atoms with Gasteiger partial charge in [-0.2, -0.15) is 4.31 Å². The number of hydrogen-bond donors (Lipinski definition) is 5. The summed E-state index contributed by atoms with van der Waals surface area (Å²) in [4.78, 5) is 24.6. The smallest absolute Gasteiger partial charge is 0.405 e. The fourth-order valence-corrected chi connectivity index (χ4v) is 7.07. The van der Waals surface area contributed by atoms with Crippen molar-refractivity contribution in [1.82, 2.24) is 14.9 Å². The highest BCUT2D eigenvalue weighted by atomic mass is 35.5. The topological polar surface area (TPSA) is 162 Å². The fourth-order valence-electron chi connectivity index (χ4n) is 4.99. The van der Waals surface area contributed by atoms with Gasteiger partial charge in [0.1, 0.15) is 11.9 Å². The molecular formula is C32H40ClFN4O6S. The molecule has 3 aromatic rings. The number of carbonyl (C=O) groups is 2. The normalized spacial score (nSPS) is 13.0. The van der Waals surface area contributed by atoms with Gasteiger partial charge in [0.15, 0.2) is 0 Å². The summed E-state index contributed by atoms with van der Waals surface area (Å²) in [6.45, 7) is 3.72. The maximum absolute atomic E-state index is 13.9. The van der Waals surface area contributed by atoms with Crippen molar-refractivity contribution in [2.75, 3.05) is 25.4 Å². The third-order valence-corrected chi connectivity index (χ3v) is 9.44. The number of rotatable bonds is 16. The molecule has 0 aliphatic rings. The highest BCUT2D eigenvalue weighted by Gasteiger charge is 2.32. The lowest BCUT2D eigenvalue weighted by Gasteiger charge is -2.31. The molecule has 2 atom stereocenters. The molecule has 0 saturated heterocycles.